The van der Waals surface area contributed by atoms with E-state index in [0.717, 1.165) is 42.7 Å². The molecular weight excluding hydrogens is 368 g/mol. The summed E-state index contributed by atoms with van der Waals surface area (Å²) in [5.74, 6) is 1.26. The van der Waals surface area contributed by atoms with Gasteiger partial charge in [0.15, 0.2) is 5.82 Å². The molecule has 152 valence electrons. The Kier molecular flexibility index (Phi) is 5.93. The molecule has 1 saturated heterocycles. The van der Waals surface area contributed by atoms with E-state index in [1.807, 2.05) is 36.4 Å². The van der Waals surface area contributed by atoms with Gasteiger partial charge < -0.3 is 19.2 Å². The molecule has 1 amide bonds. The number of carbonyl (C=O) groups excluding carboxylic acids is 1. The molecule has 29 heavy (non-hydrogen) atoms. The van der Waals surface area contributed by atoms with Crippen LogP contribution in [-0.4, -0.2) is 35.1 Å². The van der Waals surface area contributed by atoms with Gasteiger partial charge in [0.2, 0.25) is 5.91 Å². The van der Waals surface area contributed by atoms with Crippen molar-refractivity contribution >= 4 is 22.8 Å². The molecule has 1 aromatic carbocycles. The predicted octanol–water partition coefficient (Wildman–Crippen LogP) is 2.73. The molecule has 2 aromatic heterocycles. The SMILES string of the molecule is O=C(CCn1c(=O)c(N2CCCCC2)nc2ccccc21)NCCc1ccco1. The van der Waals surface area contributed by atoms with Gasteiger partial charge in [-0.05, 0) is 43.5 Å². The topological polar surface area (TPSA) is 80.4 Å². The van der Waals surface area contributed by atoms with Crippen molar-refractivity contribution in [3.05, 3.63) is 58.8 Å². The lowest BCUT2D eigenvalue weighted by molar-refractivity contribution is -0.121. The fourth-order valence-electron chi connectivity index (χ4n) is 3.79. The Balaban J connectivity index is 1.48. The molecule has 1 N–H and O–H groups in total. The molecule has 0 unspecified atom stereocenters. The van der Waals surface area contributed by atoms with Crippen molar-refractivity contribution in [2.45, 2.75) is 38.6 Å². The normalized spacial score (nSPS) is 14.3. The van der Waals surface area contributed by atoms with Gasteiger partial charge in [-0.25, -0.2) is 4.98 Å². The number of piperidine rings is 1. The van der Waals surface area contributed by atoms with Gasteiger partial charge in [-0.15, -0.1) is 0 Å². The summed E-state index contributed by atoms with van der Waals surface area (Å²) < 4.78 is 6.96. The zero-order valence-corrected chi connectivity index (χ0v) is 16.5. The summed E-state index contributed by atoms with van der Waals surface area (Å²) in [5.41, 5.74) is 1.43. The van der Waals surface area contributed by atoms with Gasteiger partial charge in [0.25, 0.3) is 5.56 Å². The van der Waals surface area contributed by atoms with Crippen LogP contribution in [0.25, 0.3) is 11.0 Å². The van der Waals surface area contributed by atoms with Crippen LogP contribution >= 0.6 is 0 Å². The van der Waals surface area contributed by atoms with Crippen LogP contribution in [0.5, 0.6) is 0 Å². The van der Waals surface area contributed by atoms with Gasteiger partial charge in [0.1, 0.15) is 5.76 Å². The van der Waals surface area contributed by atoms with E-state index < -0.39 is 0 Å². The third-order valence-corrected chi connectivity index (χ3v) is 5.33. The van der Waals surface area contributed by atoms with Crippen LogP contribution in [0.15, 0.2) is 51.9 Å². The van der Waals surface area contributed by atoms with Crippen molar-refractivity contribution in [2.24, 2.45) is 0 Å². The minimum atomic E-state index is -0.117. The van der Waals surface area contributed by atoms with E-state index in [1.165, 1.54) is 6.42 Å². The van der Waals surface area contributed by atoms with Crippen molar-refractivity contribution < 1.29 is 9.21 Å². The molecule has 0 radical (unpaired) electrons. The smallest absolute Gasteiger partial charge is 0.294 e. The average Bonchev–Trinajstić information content (AvgIpc) is 3.27. The van der Waals surface area contributed by atoms with Gasteiger partial charge in [-0.2, -0.15) is 0 Å². The molecule has 0 spiro atoms. The first-order valence-corrected chi connectivity index (χ1v) is 10.3. The molecule has 1 aliphatic heterocycles. The molecule has 0 saturated carbocycles. The Bertz CT molecular complexity index is 1020. The molecule has 3 aromatic rings. The van der Waals surface area contributed by atoms with E-state index >= 15 is 0 Å². The minimum Gasteiger partial charge on any atom is -0.469 e. The van der Waals surface area contributed by atoms with Crippen LogP contribution < -0.4 is 15.8 Å². The largest absolute Gasteiger partial charge is 0.469 e. The number of benzene rings is 1. The van der Waals surface area contributed by atoms with E-state index in [0.29, 0.717) is 25.3 Å². The second kappa shape index (κ2) is 8.94. The van der Waals surface area contributed by atoms with Crippen LogP contribution in [0, 0.1) is 0 Å². The summed E-state index contributed by atoms with van der Waals surface area (Å²) >= 11 is 0. The molecule has 1 fully saturated rings. The fourth-order valence-corrected chi connectivity index (χ4v) is 3.79. The molecular formula is C22H26N4O3. The molecule has 0 aliphatic carbocycles. The van der Waals surface area contributed by atoms with Crippen molar-refractivity contribution in [1.29, 1.82) is 0 Å². The zero-order chi connectivity index (χ0) is 20.1. The minimum absolute atomic E-state index is 0.0797. The Hall–Kier alpha value is -3.09. The first-order valence-electron chi connectivity index (χ1n) is 10.3. The van der Waals surface area contributed by atoms with E-state index in [1.54, 1.807) is 10.8 Å². The predicted molar refractivity (Wildman–Crippen MR) is 112 cm³/mol. The first kappa shape index (κ1) is 19.2. The van der Waals surface area contributed by atoms with Crippen LogP contribution in [0.4, 0.5) is 5.82 Å². The number of fused-ring (bicyclic) bond motifs is 1. The van der Waals surface area contributed by atoms with Crippen LogP contribution in [0.2, 0.25) is 0 Å². The van der Waals surface area contributed by atoms with Crippen molar-refractivity contribution in [3.63, 3.8) is 0 Å². The standard InChI is InChI=1S/C22H26N4O3/c27-20(23-12-10-17-7-6-16-29-17)11-15-26-19-9-3-2-8-18(19)24-21(22(26)28)25-13-4-1-5-14-25/h2-3,6-9,16H,1,4-5,10-15H2,(H,23,27). The number of para-hydroxylation sites is 2. The highest BCUT2D eigenvalue weighted by Gasteiger charge is 2.19. The number of carbonyl (C=O) groups is 1. The third-order valence-electron chi connectivity index (χ3n) is 5.33. The number of nitrogens with zero attached hydrogens (tertiary/aromatic N) is 3. The lowest BCUT2D eigenvalue weighted by atomic mass is 10.1. The highest BCUT2D eigenvalue weighted by molar-refractivity contribution is 5.78. The molecule has 1 aliphatic rings. The van der Waals surface area contributed by atoms with Crippen molar-refractivity contribution in [1.82, 2.24) is 14.9 Å². The van der Waals surface area contributed by atoms with Crippen LogP contribution in [-0.2, 0) is 17.8 Å². The number of hydrogen-bond donors (Lipinski definition) is 1. The molecule has 7 heteroatoms. The summed E-state index contributed by atoms with van der Waals surface area (Å²) in [5, 5.41) is 2.90. The lowest BCUT2D eigenvalue weighted by Gasteiger charge is -2.27. The summed E-state index contributed by atoms with van der Waals surface area (Å²) in [7, 11) is 0. The van der Waals surface area contributed by atoms with Gasteiger partial charge in [-0.3, -0.25) is 9.59 Å². The van der Waals surface area contributed by atoms with E-state index in [-0.39, 0.29) is 17.9 Å². The Morgan fingerprint density at radius 2 is 1.93 bits per heavy atom. The monoisotopic (exact) mass is 394 g/mol. The average molecular weight is 394 g/mol. The molecule has 0 bridgehead atoms. The van der Waals surface area contributed by atoms with Gasteiger partial charge in [0, 0.05) is 39.0 Å². The number of rotatable bonds is 7. The maximum atomic E-state index is 13.2. The maximum absolute atomic E-state index is 13.2. The fraction of sp³-hybridized carbons (Fsp3) is 0.409. The Labute approximate surface area is 169 Å². The number of aryl methyl sites for hydroxylation is 1. The number of furan rings is 1. The zero-order valence-electron chi connectivity index (χ0n) is 16.5. The van der Waals surface area contributed by atoms with Crippen molar-refractivity contribution in [2.75, 3.05) is 24.5 Å². The van der Waals surface area contributed by atoms with Crippen LogP contribution in [0.1, 0.15) is 31.4 Å². The molecule has 7 nitrogen and oxygen atoms in total. The summed E-state index contributed by atoms with van der Waals surface area (Å²) in [6.45, 7) is 2.55. The second-order valence-electron chi connectivity index (χ2n) is 7.36. The number of anilines is 1. The highest BCUT2D eigenvalue weighted by Crippen LogP contribution is 2.18. The highest BCUT2D eigenvalue weighted by atomic mass is 16.3. The van der Waals surface area contributed by atoms with E-state index in [4.69, 9.17) is 4.42 Å². The van der Waals surface area contributed by atoms with Gasteiger partial charge in [0.05, 0.1) is 17.3 Å². The van der Waals surface area contributed by atoms with E-state index in [2.05, 4.69) is 15.2 Å². The summed E-state index contributed by atoms with van der Waals surface area (Å²) in [6, 6.07) is 11.3. The summed E-state index contributed by atoms with van der Waals surface area (Å²) in [4.78, 5) is 32.2. The third kappa shape index (κ3) is 4.50. The lowest BCUT2D eigenvalue weighted by Crippen LogP contribution is -2.37. The molecule has 0 atom stereocenters. The van der Waals surface area contributed by atoms with Crippen molar-refractivity contribution in [3.8, 4) is 0 Å². The van der Waals surface area contributed by atoms with E-state index in [9.17, 15) is 9.59 Å². The van der Waals surface area contributed by atoms with Gasteiger partial charge >= 0.3 is 0 Å². The number of amides is 1. The number of hydrogen-bond acceptors (Lipinski definition) is 5. The number of nitrogens with one attached hydrogen (secondary N) is 1. The second-order valence-corrected chi connectivity index (χ2v) is 7.36. The first-order chi connectivity index (χ1) is 14.2. The maximum Gasteiger partial charge on any atom is 0.294 e. The Morgan fingerprint density at radius 3 is 2.72 bits per heavy atom. The van der Waals surface area contributed by atoms with Crippen LogP contribution in [0.3, 0.4) is 0 Å². The number of aromatic nitrogens is 2. The molecule has 3 heterocycles. The summed E-state index contributed by atoms with van der Waals surface area (Å²) in [6.07, 6.45) is 5.86. The van der Waals surface area contributed by atoms with Gasteiger partial charge in [-0.1, -0.05) is 12.1 Å². The quantitative estimate of drug-likeness (QED) is 0.666. The molecule has 4 rings (SSSR count). The Morgan fingerprint density at radius 1 is 1.10 bits per heavy atom.